The lowest BCUT2D eigenvalue weighted by Gasteiger charge is -2.09. The molecule has 0 saturated carbocycles. The topological polar surface area (TPSA) is 63.6 Å². The Labute approximate surface area is 112 Å². The molecular weight excluding hydrogens is 277 g/mol. The standard InChI is InChI=1S/C13H11F3O4/c1-2-20-11(17)6-3-8-7-9(13(14,15)16)4-5-10(8)12(18)19/h3-7H,2H2,1H3,(H,18,19)/b6-3+. The molecule has 20 heavy (non-hydrogen) atoms. The Bertz CT molecular complexity index is 547. The second-order valence-electron chi connectivity index (χ2n) is 3.69. The molecule has 108 valence electrons. The molecule has 1 aromatic carbocycles. The molecule has 0 aromatic heterocycles. The molecule has 0 heterocycles. The van der Waals surface area contributed by atoms with Gasteiger partial charge in [-0.1, -0.05) is 0 Å². The van der Waals surface area contributed by atoms with Crippen LogP contribution in [0.1, 0.15) is 28.4 Å². The van der Waals surface area contributed by atoms with Crippen molar-refractivity contribution in [3.63, 3.8) is 0 Å². The summed E-state index contributed by atoms with van der Waals surface area (Å²) in [6.45, 7) is 1.68. The number of aromatic carboxylic acids is 1. The lowest BCUT2D eigenvalue weighted by atomic mass is 10.0. The summed E-state index contributed by atoms with van der Waals surface area (Å²) in [5.41, 5.74) is -1.55. The van der Waals surface area contributed by atoms with Gasteiger partial charge in [-0.05, 0) is 36.8 Å². The fraction of sp³-hybridized carbons (Fsp3) is 0.231. The van der Waals surface area contributed by atoms with Crippen molar-refractivity contribution in [2.24, 2.45) is 0 Å². The molecule has 0 radical (unpaired) electrons. The molecule has 1 aromatic rings. The van der Waals surface area contributed by atoms with Crippen molar-refractivity contribution in [2.75, 3.05) is 6.61 Å². The number of benzene rings is 1. The highest BCUT2D eigenvalue weighted by molar-refractivity contribution is 5.95. The first-order valence-corrected chi connectivity index (χ1v) is 5.55. The molecule has 0 bridgehead atoms. The SMILES string of the molecule is CCOC(=O)/C=C/c1cc(C(F)(F)F)ccc1C(=O)O. The van der Waals surface area contributed by atoms with Gasteiger partial charge in [0.1, 0.15) is 0 Å². The maximum atomic E-state index is 12.6. The van der Waals surface area contributed by atoms with Crippen LogP contribution in [0.2, 0.25) is 0 Å². The van der Waals surface area contributed by atoms with Crippen molar-refractivity contribution < 1.29 is 32.6 Å². The number of ether oxygens (including phenoxy) is 1. The van der Waals surface area contributed by atoms with Crippen molar-refractivity contribution in [1.29, 1.82) is 0 Å². The highest BCUT2D eigenvalue weighted by Crippen LogP contribution is 2.31. The molecule has 1 N–H and O–H groups in total. The van der Waals surface area contributed by atoms with Crippen LogP contribution < -0.4 is 0 Å². The van der Waals surface area contributed by atoms with Crippen LogP contribution in [0.15, 0.2) is 24.3 Å². The maximum Gasteiger partial charge on any atom is 0.416 e. The van der Waals surface area contributed by atoms with E-state index in [4.69, 9.17) is 5.11 Å². The lowest BCUT2D eigenvalue weighted by molar-refractivity contribution is -0.138. The van der Waals surface area contributed by atoms with Gasteiger partial charge in [0.05, 0.1) is 17.7 Å². The Hall–Kier alpha value is -2.31. The number of hydrogen-bond acceptors (Lipinski definition) is 3. The third-order valence-electron chi connectivity index (χ3n) is 2.29. The number of carboxylic acids is 1. The average molecular weight is 288 g/mol. The summed E-state index contributed by atoms with van der Waals surface area (Å²) >= 11 is 0. The average Bonchev–Trinajstić information content (AvgIpc) is 2.35. The highest BCUT2D eigenvalue weighted by atomic mass is 19.4. The van der Waals surface area contributed by atoms with Gasteiger partial charge >= 0.3 is 18.1 Å². The second-order valence-corrected chi connectivity index (χ2v) is 3.69. The van der Waals surface area contributed by atoms with Gasteiger partial charge in [0, 0.05) is 6.08 Å². The number of hydrogen-bond donors (Lipinski definition) is 1. The quantitative estimate of drug-likeness (QED) is 0.683. The van der Waals surface area contributed by atoms with Crippen molar-refractivity contribution >= 4 is 18.0 Å². The Morgan fingerprint density at radius 1 is 1.35 bits per heavy atom. The van der Waals surface area contributed by atoms with Gasteiger partial charge in [-0.2, -0.15) is 13.2 Å². The van der Waals surface area contributed by atoms with Gasteiger partial charge in [-0.25, -0.2) is 9.59 Å². The molecule has 0 fully saturated rings. The summed E-state index contributed by atoms with van der Waals surface area (Å²) in [6.07, 6.45) is -2.73. The number of carbonyl (C=O) groups excluding carboxylic acids is 1. The first kappa shape index (κ1) is 15.7. The third-order valence-corrected chi connectivity index (χ3v) is 2.29. The van der Waals surface area contributed by atoms with Crippen LogP contribution in [0.5, 0.6) is 0 Å². The van der Waals surface area contributed by atoms with E-state index in [1.807, 2.05) is 0 Å². The van der Waals surface area contributed by atoms with E-state index in [1.54, 1.807) is 6.92 Å². The largest absolute Gasteiger partial charge is 0.478 e. The Kier molecular flexibility index (Phi) is 4.90. The fourth-order valence-electron chi connectivity index (χ4n) is 1.42. The van der Waals surface area contributed by atoms with Crippen LogP contribution in [0.3, 0.4) is 0 Å². The second kappa shape index (κ2) is 6.23. The zero-order valence-corrected chi connectivity index (χ0v) is 10.4. The van der Waals surface area contributed by atoms with E-state index in [9.17, 15) is 22.8 Å². The molecule has 1 rings (SSSR count). The zero-order chi connectivity index (χ0) is 15.3. The van der Waals surface area contributed by atoms with E-state index in [-0.39, 0.29) is 17.7 Å². The van der Waals surface area contributed by atoms with E-state index in [2.05, 4.69) is 4.74 Å². The van der Waals surface area contributed by atoms with Gasteiger partial charge < -0.3 is 9.84 Å². The van der Waals surface area contributed by atoms with E-state index in [1.165, 1.54) is 0 Å². The molecule has 7 heteroatoms. The predicted molar refractivity (Wildman–Crippen MR) is 64.1 cm³/mol. The molecule has 0 saturated heterocycles. The van der Waals surface area contributed by atoms with Crippen LogP contribution >= 0.6 is 0 Å². The maximum absolute atomic E-state index is 12.6. The smallest absolute Gasteiger partial charge is 0.416 e. The first-order chi connectivity index (χ1) is 9.25. The molecule has 0 unspecified atom stereocenters. The number of rotatable bonds is 4. The minimum Gasteiger partial charge on any atom is -0.478 e. The van der Waals surface area contributed by atoms with Gasteiger partial charge in [-0.15, -0.1) is 0 Å². The van der Waals surface area contributed by atoms with E-state index >= 15 is 0 Å². The molecule has 0 aliphatic rings. The molecule has 0 aliphatic heterocycles. The van der Waals surface area contributed by atoms with Gasteiger partial charge in [0.15, 0.2) is 0 Å². The fourth-order valence-corrected chi connectivity index (χ4v) is 1.42. The van der Waals surface area contributed by atoms with Crippen molar-refractivity contribution in [1.82, 2.24) is 0 Å². The molecule has 0 atom stereocenters. The number of alkyl halides is 3. The molecule has 0 aliphatic carbocycles. The van der Waals surface area contributed by atoms with Crippen LogP contribution in [0.25, 0.3) is 6.08 Å². The minimum absolute atomic E-state index is 0.109. The summed E-state index contributed by atoms with van der Waals surface area (Å²) in [7, 11) is 0. The molecule has 4 nitrogen and oxygen atoms in total. The van der Waals surface area contributed by atoms with Crippen molar-refractivity contribution in [3.05, 3.63) is 41.0 Å². The number of halogens is 3. The molecule has 0 amide bonds. The van der Waals surface area contributed by atoms with Crippen LogP contribution in [0, 0.1) is 0 Å². The predicted octanol–water partition coefficient (Wildman–Crippen LogP) is 2.98. The van der Waals surface area contributed by atoms with Crippen LogP contribution in [0.4, 0.5) is 13.2 Å². The summed E-state index contributed by atoms with van der Waals surface area (Å²) in [5.74, 6) is -2.15. The number of carbonyl (C=O) groups is 2. The Morgan fingerprint density at radius 2 is 2.00 bits per heavy atom. The molecule has 0 spiro atoms. The normalized spacial score (nSPS) is 11.6. The summed E-state index contributed by atoms with van der Waals surface area (Å²) in [4.78, 5) is 22.0. The Morgan fingerprint density at radius 3 is 2.50 bits per heavy atom. The highest BCUT2D eigenvalue weighted by Gasteiger charge is 2.31. The monoisotopic (exact) mass is 288 g/mol. The summed E-state index contributed by atoms with van der Waals surface area (Å²) in [5, 5.41) is 8.90. The number of esters is 1. The van der Waals surface area contributed by atoms with Gasteiger partial charge in [0.25, 0.3) is 0 Å². The zero-order valence-electron chi connectivity index (χ0n) is 10.4. The van der Waals surface area contributed by atoms with Crippen molar-refractivity contribution in [3.8, 4) is 0 Å². The van der Waals surface area contributed by atoms with E-state index < -0.39 is 23.7 Å². The summed E-state index contributed by atoms with van der Waals surface area (Å²) < 4.78 is 42.2. The Balaban J connectivity index is 3.19. The van der Waals surface area contributed by atoms with Crippen molar-refractivity contribution in [2.45, 2.75) is 13.1 Å². The van der Waals surface area contributed by atoms with Gasteiger partial charge in [0.2, 0.25) is 0 Å². The van der Waals surface area contributed by atoms with Crippen LogP contribution in [-0.2, 0) is 15.7 Å². The van der Waals surface area contributed by atoms with Crippen LogP contribution in [-0.4, -0.2) is 23.7 Å². The first-order valence-electron chi connectivity index (χ1n) is 5.55. The lowest BCUT2D eigenvalue weighted by Crippen LogP contribution is -2.08. The number of carboxylic acid groups (broad SMARTS) is 1. The summed E-state index contributed by atoms with van der Waals surface area (Å²) in [6, 6.07) is 2.18. The van der Waals surface area contributed by atoms with E-state index in [0.717, 1.165) is 18.2 Å². The van der Waals surface area contributed by atoms with E-state index in [0.29, 0.717) is 12.1 Å². The minimum atomic E-state index is -4.59. The third kappa shape index (κ3) is 4.11. The molecular formula is C13H11F3O4. The van der Waals surface area contributed by atoms with Gasteiger partial charge in [-0.3, -0.25) is 0 Å².